The van der Waals surface area contributed by atoms with Crippen LogP contribution in [0, 0.1) is 17.8 Å². The Morgan fingerprint density at radius 1 is 1.37 bits per heavy atom. The predicted octanol–water partition coefficient (Wildman–Crippen LogP) is 3.86. The van der Waals surface area contributed by atoms with Gasteiger partial charge in [0, 0.05) is 17.1 Å². The van der Waals surface area contributed by atoms with Crippen molar-refractivity contribution in [1.29, 1.82) is 0 Å². The van der Waals surface area contributed by atoms with Crippen molar-refractivity contribution < 1.29 is 13.2 Å². The third kappa shape index (κ3) is 2.40. The van der Waals surface area contributed by atoms with Crippen molar-refractivity contribution in [2.24, 2.45) is 17.8 Å². The van der Waals surface area contributed by atoms with Crippen molar-refractivity contribution in [3.8, 4) is 0 Å². The normalized spacial score (nSPS) is 31.9. The van der Waals surface area contributed by atoms with Gasteiger partial charge in [0.15, 0.2) is 5.01 Å². The van der Waals surface area contributed by atoms with Gasteiger partial charge in [0.1, 0.15) is 0 Å². The number of rotatable bonds is 3. The summed E-state index contributed by atoms with van der Waals surface area (Å²) in [6.45, 7) is 0. The van der Waals surface area contributed by atoms with E-state index in [4.69, 9.17) is 0 Å². The van der Waals surface area contributed by atoms with E-state index < -0.39 is 11.2 Å². The summed E-state index contributed by atoms with van der Waals surface area (Å²) in [5.41, 5.74) is 0. The Balaban J connectivity index is 1.81. The monoisotopic (exact) mass is 290 g/mol. The van der Waals surface area contributed by atoms with E-state index in [-0.39, 0.29) is 6.04 Å². The number of fused-ring (bicyclic) bond motifs is 2. The van der Waals surface area contributed by atoms with Crippen LogP contribution in [-0.4, -0.2) is 12.0 Å². The summed E-state index contributed by atoms with van der Waals surface area (Å²) in [6, 6.07) is 0.0314. The van der Waals surface area contributed by atoms with Gasteiger partial charge in [0.2, 0.25) is 0 Å². The quantitative estimate of drug-likeness (QED) is 0.914. The van der Waals surface area contributed by atoms with Crippen molar-refractivity contribution in [2.75, 3.05) is 7.05 Å². The van der Waals surface area contributed by atoms with Crippen molar-refractivity contribution in [3.63, 3.8) is 0 Å². The molecule has 0 aliphatic heterocycles. The standard InChI is InChI=1S/C13H17F3N2S/c1-17-11(9-5-7-2-3-8(9)4-7)10-6-18-12(19-10)13(14,15)16/h6-9,11,17H,2-5H2,1H3. The highest BCUT2D eigenvalue weighted by molar-refractivity contribution is 7.11. The molecular weight excluding hydrogens is 273 g/mol. The topological polar surface area (TPSA) is 24.9 Å². The summed E-state index contributed by atoms with van der Waals surface area (Å²) < 4.78 is 37.9. The van der Waals surface area contributed by atoms with E-state index in [0.717, 1.165) is 28.6 Å². The molecule has 3 rings (SSSR count). The van der Waals surface area contributed by atoms with Crippen molar-refractivity contribution >= 4 is 11.3 Å². The van der Waals surface area contributed by atoms with E-state index in [1.165, 1.54) is 25.5 Å². The van der Waals surface area contributed by atoms with Crippen LogP contribution in [-0.2, 0) is 6.18 Å². The lowest BCUT2D eigenvalue weighted by Crippen LogP contribution is -2.28. The summed E-state index contributed by atoms with van der Waals surface area (Å²) in [4.78, 5) is 4.27. The van der Waals surface area contributed by atoms with Gasteiger partial charge >= 0.3 is 6.18 Å². The molecular formula is C13H17F3N2S. The number of hydrogen-bond donors (Lipinski definition) is 1. The number of nitrogens with one attached hydrogen (secondary N) is 1. The molecule has 1 aromatic heterocycles. The van der Waals surface area contributed by atoms with Crippen LogP contribution in [0.15, 0.2) is 6.20 Å². The molecule has 0 spiro atoms. The maximum absolute atomic E-state index is 12.6. The highest BCUT2D eigenvalue weighted by Gasteiger charge is 2.44. The minimum atomic E-state index is -4.32. The molecule has 1 N–H and O–H groups in total. The minimum absolute atomic E-state index is 0.0314. The Kier molecular flexibility index (Phi) is 3.33. The molecule has 0 amide bonds. The lowest BCUT2D eigenvalue weighted by atomic mass is 9.83. The average molecular weight is 290 g/mol. The maximum atomic E-state index is 12.6. The molecule has 106 valence electrons. The molecule has 2 fully saturated rings. The van der Waals surface area contributed by atoms with Crippen LogP contribution >= 0.6 is 11.3 Å². The number of hydrogen-bond acceptors (Lipinski definition) is 3. The summed E-state index contributed by atoms with van der Waals surface area (Å²) in [5, 5.41) is 2.48. The van der Waals surface area contributed by atoms with E-state index in [9.17, 15) is 13.2 Å². The zero-order chi connectivity index (χ0) is 13.6. The van der Waals surface area contributed by atoms with E-state index >= 15 is 0 Å². The highest BCUT2D eigenvalue weighted by atomic mass is 32.1. The first-order valence-corrected chi connectivity index (χ1v) is 7.51. The molecule has 2 aliphatic rings. The molecule has 6 heteroatoms. The molecule has 2 aliphatic carbocycles. The molecule has 2 nitrogen and oxygen atoms in total. The van der Waals surface area contributed by atoms with Gasteiger partial charge in [-0.2, -0.15) is 13.2 Å². The predicted molar refractivity (Wildman–Crippen MR) is 67.9 cm³/mol. The van der Waals surface area contributed by atoms with Gasteiger partial charge in [-0.15, -0.1) is 11.3 Å². The molecule has 2 saturated carbocycles. The molecule has 0 radical (unpaired) electrons. The summed E-state index contributed by atoms with van der Waals surface area (Å²) in [6.07, 6.45) is 2.02. The molecule has 4 atom stereocenters. The third-order valence-corrected chi connectivity index (χ3v) is 5.73. The Morgan fingerprint density at radius 2 is 2.16 bits per heavy atom. The van der Waals surface area contributed by atoms with E-state index in [0.29, 0.717) is 11.8 Å². The Hall–Kier alpha value is -0.620. The van der Waals surface area contributed by atoms with Gasteiger partial charge in [0.25, 0.3) is 0 Å². The Bertz CT molecular complexity index is 457. The number of thiazole rings is 1. The zero-order valence-corrected chi connectivity index (χ0v) is 11.5. The second kappa shape index (κ2) is 4.74. The second-order valence-electron chi connectivity index (χ2n) is 5.67. The Labute approximate surface area is 114 Å². The van der Waals surface area contributed by atoms with Crippen LogP contribution in [0.1, 0.15) is 41.6 Å². The molecule has 19 heavy (non-hydrogen) atoms. The molecule has 0 saturated heterocycles. The lowest BCUT2D eigenvalue weighted by Gasteiger charge is -2.29. The van der Waals surface area contributed by atoms with Crippen LogP contribution < -0.4 is 5.32 Å². The summed E-state index contributed by atoms with van der Waals surface area (Å²) in [7, 11) is 1.84. The molecule has 1 heterocycles. The van der Waals surface area contributed by atoms with Crippen LogP contribution in [0.2, 0.25) is 0 Å². The minimum Gasteiger partial charge on any atom is -0.312 e. The highest BCUT2D eigenvalue weighted by Crippen LogP contribution is 2.53. The van der Waals surface area contributed by atoms with Crippen LogP contribution in [0.4, 0.5) is 13.2 Å². The van der Waals surface area contributed by atoms with Crippen LogP contribution in [0.25, 0.3) is 0 Å². The van der Waals surface area contributed by atoms with E-state index in [1.54, 1.807) is 0 Å². The summed E-state index contributed by atoms with van der Waals surface area (Å²) in [5.74, 6) is 1.95. The fourth-order valence-electron chi connectivity index (χ4n) is 3.83. The number of aromatic nitrogens is 1. The van der Waals surface area contributed by atoms with Crippen molar-refractivity contribution in [3.05, 3.63) is 16.1 Å². The fraction of sp³-hybridized carbons (Fsp3) is 0.769. The first kappa shape index (κ1) is 13.4. The summed E-state index contributed by atoms with van der Waals surface area (Å²) >= 11 is 0.788. The first-order valence-electron chi connectivity index (χ1n) is 6.69. The Morgan fingerprint density at radius 3 is 2.63 bits per heavy atom. The molecule has 4 unspecified atom stereocenters. The maximum Gasteiger partial charge on any atom is 0.443 e. The molecule has 2 bridgehead atoms. The van der Waals surface area contributed by atoms with E-state index in [1.807, 2.05) is 7.05 Å². The van der Waals surface area contributed by atoms with Gasteiger partial charge in [-0.25, -0.2) is 4.98 Å². The first-order chi connectivity index (χ1) is 8.99. The fourth-order valence-corrected chi connectivity index (χ4v) is 4.80. The SMILES string of the molecule is CNC(c1cnc(C(F)(F)F)s1)C1CC2CCC1C2. The largest absolute Gasteiger partial charge is 0.443 e. The molecule has 1 aromatic rings. The zero-order valence-electron chi connectivity index (χ0n) is 10.7. The van der Waals surface area contributed by atoms with Gasteiger partial charge in [-0.3, -0.25) is 0 Å². The lowest BCUT2D eigenvalue weighted by molar-refractivity contribution is -0.137. The smallest absolute Gasteiger partial charge is 0.312 e. The van der Waals surface area contributed by atoms with Crippen molar-refractivity contribution in [1.82, 2.24) is 10.3 Å². The van der Waals surface area contributed by atoms with Crippen molar-refractivity contribution in [2.45, 2.75) is 37.9 Å². The number of alkyl halides is 3. The molecule has 0 aromatic carbocycles. The van der Waals surface area contributed by atoms with Crippen LogP contribution in [0.5, 0.6) is 0 Å². The number of halogens is 3. The van der Waals surface area contributed by atoms with Gasteiger partial charge < -0.3 is 5.32 Å². The van der Waals surface area contributed by atoms with E-state index in [2.05, 4.69) is 10.3 Å². The second-order valence-corrected chi connectivity index (χ2v) is 6.73. The average Bonchev–Trinajstić information content (AvgIpc) is 3.04. The third-order valence-electron chi connectivity index (χ3n) is 4.60. The van der Waals surface area contributed by atoms with Gasteiger partial charge in [0.05, 0.1) is 0 Å². The van der Waals surface area contributed by atoms with Gasteiger partial charge in [-0.1, -0.05) is 6.42 Å². The van der Waals surface area contributed by atoms with Crippen LogP contribution in [0.3, 0.4) is 0 Å². The van der Waals surface area contributed by atoms with Gasteiger partial charge in [-0.05, 0) is 44.1 Å². The number of nitrogens with zero attached hydrogens (tertiary/aromatic N) is 1.